The van der Waals surface area contributed by atoms with Crippen LogP contribution in [0, 0.1) is 13.8 Å². The van der Waals surface area contributed by atoms with Crippen LogP contribution in [0.5, 0.6) is 0 Å². The molecule has 1 aliphatic rings. The number of fused-ring (bicyclic) bond motifs is 1. The predicted molar refractivity (Wildman–Crippen MR) is 116 cm³/mol. The van der Waals surface area contributed by atoms with Gasteiger partial charge >= 0.3 is 5.97 Å². The van der Waals surface area contributed by atoms with Gasteiger partial charge in [0.25, 0.3) is 5.91 Å². The van der Waals surface area contributed by atoms with E-state index in [1.165, 1.54) is 11.1 Å². The minimum atomic E-state index is -0.879. The Kier molecular flexibility index (Phi) is 5.50. The maximum absolute atomic E-state index is 12.1. The number of carboxylic acids is 1. The van der Waals surface area contributed by atoms with Gasteiger partial charge in [-0.3, -0.25) is 9.78 Å². The molecule has 3 heterocycles. The Labute approximate surface area is 178 Å². The summed E-state index contributed by atoms with van der Waals surface area (Å²) in [5.41, 5.74) is 6.96. The molecule has 0 aliphatic heterocycles. The zero-order chi connectivity index (χ0) is 21.3. The molecule has 0 aromatic carbocycles. The molecule has 8 heteroatoms. The lowest BCUT2D eigenvalue weighted by atomic mass is 9.95. The van der Waals surface area contributed by atoms with Crippen molar-refractivity contribution in [2.45, 2.75) is 39.5 Å². The van der Waals surface area contributed by atoms with Crippen molar-refractivity contribution >= 4 is 29.4 Å². The number of thiophene rings is 1. The van der Waals surface area contributed by atoms with Gasteiger partial charge in [-0.1, -0.05) is 0 Å². The first kappa shape index (κ1) is 20.0. The number of hydrazone groups is 1. The molecule has 3 aromatic rings. The molecule has 0 saturated carbocycles. The van der Waals surface area contributed by atoms with Crippen molar-refractivity contribution in [3.63, 3.8) is 0 Å². The molecular formula is C22H22N4O3S. The highest BCUT2D eigenvalue weighted by molar-refractivity contribution is 7.15. The number of nitrogens with zero attached hydrogens (tertiary/aromatic N) is 3. The highest BCUT2D eigenvalue weighted by Gasteiger charge is 2.27. The molecule has 1 amide bonds. The van der Waals surface area contributed by atoms with Crippen LogP contribution in [0.4, 0.5) is 0 Å². The third-order valence-corrected chi connectivity index (χ3v) is 6.61. The largest absolute Gasteiger partial charge is 0.478 e. The zero-order valence-electron chi connectivity index (χ0n) is 16.8. The van der Waals surface area contributed by atoms with E-state index < -0.39 is 5.97 Å². The van der Waals surface area contributed by atoms with Crippen LogP contribution in [0.1, 0.15) is 60.9 Å². The molecule has 0 bridgehead atoms. The first-order valence-corrected chi connectivity index (χ1v) is 10.6. The van der Waals surface area contributed by atoms with Crippen LogP contribution < -0.4 is 5.43 Å². The van der Waals surface area contributed by atoms with Gasteiger partial charge in [0.2, 0.25) is 0 Å². The SMILES string of the molecule is Cc1cc(/C=N/NC(=O)c2cccnc2)c(C)n1-c1sc2c(c1C(=O)O)CCCC2. The van der Waals surface area contributed by atoms with Crippen molar-refractivity contribution in [3.8, 4) is 5.00 Å². The number of nitrogens with one attached hydrogen (secondary N) is 1. The molecule has 1 aliphatic carbocycles. The molecule has 0 unspecified atom stereocenters. The Morgan fingerprint density at radius 3 is 2.83 bits per heavy atom. The van der Waals surface area contributed by atoms with Crippen molar-refractivity contribution in [2.75, 3.05) is 0 Å². The number of pyridine rings is 1. The predicted octanol–water partition coefficient (Wildman–Crippen LogP) is 3.89. The summed E-state index contributed by atoms with van der Waals surface area (Å²) < 4.78 is 1.98. The molecule has 7 nitrogen and oxygen atoms in total. The third-order valence-electron chi connectivity index (χ3n) is 5.33. The molecule has 0 radical (unpaired) electrons. The van der Waals surface area contributed by atoms with Gasteiger partial charge in [-0.2, -0.15) is 5.10 Å². The normalized spacial score (nSPS) is 13.4. The summed E-state index contributed by atoms with van der Waals surface area (Å²) in [6.07, 6.45) is 8.55. The smallest absolute Gasteiger partial charge is 0.339 e. The van der Waals surface area contributed by atoms with Gasteiger partial charge in [0.15, 0.2) is 0 Å². The van der Waals surface area contributed by atoms with Gasteiger partial charge in [0.1, 0.15) is 5.00 Å². The fourth-order valence-corrected chi connectivity index (χ4v) is 5.37. The minimum absolute atomic E-state index is 0.341. The van der Waals surface area contributed by atoms with Crippen LogP contribution in [0.25, 0.3) is 5.00 Å². The van der Waals surface area contributed by atoms with Crippen LogP contribution in [0.15, 0.2) is 35.7 Å². The number of aryl methyl sites for hydroxylation is 2. The van der Waals surface area contributed by atoms with E-state index in [1.54, 1.807) is 35.9 Å². The quantitative estimate of drug-likeness (QED) is 0.481. The maximum Gasteiger partial charge on any atom is 0.339 e. The minimum Gasteiger partial charge on any atom is -0.478 e. The van der Waals surface area contributed by atoms with E-state index in [4.69, 9.17) is 0 Å². The number of hydrogen-bond acceptors (Lipinski definition) is 5. The van der Waals surface area contributed by atoms with Crippen molar-refractivity contribution in [2.24, 2.45) is 5.10 Å². The van der Waals surface area contributed by atoms with Crippen molar-refractivity contribution in [3.05, 3.63) is 69.1 Å². The highest BCUT2D eigenvalue weighted by Crippen LogP contribution is 2.38. The van der Waals surface area contributed by atoms with Gasteiger partial charge in [0, 0.05) is 34.2 Å². The third kappa shape index (κ3) is 3.66. The molecule has 4 rings (SSSR count). The summed E-state index contributed by atoms with van der Waals surface area (Å²) in [5.74, 6) is -1.22. The van der Waals surface area contributed by atoms with Crippen molar-refractivity contribution < 1.29 is 14.7 Å². The second-order valence-corrected chi connectivity index (χ2v) is 8.38. The first-order valence-electron chi connectivity index (χ1n) is 9.78. The summed E-state index contributed by atoms with van der Waals surface area (Å²) in [6.45, 7) is 3.88. The second kappa shape index (κ2) is 8.23. The van der Waals surface area contributed by atoms with Gasteiger partial charge in [0.05, 0.1) is 17.3 Å². The summed E-state index contributed by atoms with van der Waals surface area (Å²) >= 11 is 1.57. The molecule has 0 spiro atoms. The van der Waals surface area contributed by atoms with Gasteiger partial charge in [-0.15, -0.1) is 11.3 Å². The Morgan fingerprint density at radius 2 is 2.10 bits per heavy atom. The van der Waals surface area contributed by atoms with Crippen molar-refractivity contribution in [1.29, 1.82) is 0 Å². The monoisotopic (exact) mass is 422 g/mol. The molecule has 0 fully saturated rings. The van der Waals surface area contributed by atoms with Gasteiger partial charge in [-0.05, 0) is 63.3 Å². The molecule has 0 saturated heterocycles. The van der Waals surface area contributed by atoms with E-state index >= 15 is 0 Å². The Hall–Kier alpha value is -3.26. The average Bonchev–Trinajstić information content (AvgIpc) is 3.25. The summed E-state index contributed by atoms with van der Waals surface area (Å²) in [5, 5.41) is 14.7. The number of carbonyl (C=O) groups excluding carboxylic acids is 1. The number of aromatic carboxylic acids is 1. The summed E-state index contributed by atoms with van der Waals surface area (Å²) in [6, 6.07) is 5.29. The Bertz CT molecular complexity index is 1150. The molecule has 3 aromatic heterocycles. The van der Waals surface area contributed by atoms with Gasteiger partial charge in [-0.25, -0.2) is 10.2 Å². The molecular weight excluding hydrogens is 400 g/mol. The van der Waals surface area contributed by atoms with E-state index in [1.807, 2.05) is 24.5 Å². The fraction of sp³-hybridized carbons (Fsp3) is 0.273. The van der Waals surface area contributed by atoms with Gasteiger partial charge < -0.3 is 9.67 Å². The van der Waals surface area contributed by atoms with E-state index in [2.05, 4.69) is 15.5 Å². The lowest BCUT2D eigenvalue weighted by molar-refractivity contribution is 0.0695. The first-order chi connectivity index (χ1) is 14.5. The summed E-state index contributed by atoms with van der Waals surface area (Å²) in [7, 11) is 0. The van der Waals surface area contributed by atoms with E-state index in [9.17, 15) is 14.7 Å². The van der Waals surface area contributed by atoms with Crippen LogP contribution in [-0.4, -0.2) is 32.7 Å². The van der Waals surface area contributed by atoms with E-state index in [0.717, 1.165) is 53.2 Å². The molecule has 0 atom stereocenters. The van der Waals surface area contributed by atoms with E-state index in [-0.39, 0.29) is 5.91 Å². The van der Waals surface area contributed by atoms with E-state index in [0.29, 0.717) is 11.1 Å². The van der Waals surface area contributed by atoms with Crippen LogP contribution >= 0.6 is 11.3 Å². The molecule has 2 N–H and O–H groups in total. The number of aromatic nitrogens is 2. The average molecular weight is 423 g/mol. The standard InChI is InChI=1S/C22H22N4O3S/c1-13-10-16(12-24-25-20(27)15-6-5-9-23-11-15)14(2)26(13)21-19(22(28)29)17-7-3-4-8-18(17)30-21/h5-6,9-12H,3-4,7-8H2,1-2H3,(H,25,27)(H,28,29)/b24-12+. The van der Waals surface area contributed by atoms with Crippen LogP contribution in [0.3, 0.4) is 0 Å². The number of hydrogen-bond donors (Lipinski definition) is 2. The second-order valence-electron chi connectivity index (χ2n) is 7.30. The van der Waals surface area contributed by atoms with Crippen LogP contribution in [-0.2, 0) is 12.8 Å². The summed E-state index contributed by atoms with van der Waals surface area (Å²) in [4.78, 5) is 29.3. The number of rotatable bonds is 5. The maximum atomic E-state index is 12.1. The lowest BCUT2D eigenvalue weighted by Gasteiger charge is -2.11. The Balaban J connectivity index is 1.64. The molecule has 154 valence electrons. The van der Waals surface area contributed by atoms with Crippen LogP contribution in [0.2, 0.25) is 0 Å². The number of carbonyl (C=O) groups is 2. The highest BCUT2D eigenvalue weighted by atomic mass is 32.1. The number of carboxylic acid groups (broad SMARTS) is 1. The zero-order valence-corrected chi connectivity index (χ0v) is 17.6. The Morgan fingerprint density at radius 1 is 1.30 bits per heavy atom. The lowest BCUT2D eigenvalue weighted by Crippen LogP contribution is -2.17. The van der Waals surface area contributed by atoms with Crippen molar-refractivity contribution in [1.82, 2.24) is 15.0 Å². The topological polar surface area (TPSA) is 96.6 Å². The fourth-order valence-electron chi connectivity index (χ4n) is 3.88. The number of amides is 1. The molecule has 30 heavy (non-hydrogen) atoms.